The van der Waals surface area contributed by atoms with E-state index in [1.165, 1.54) is 64.2 Å². The third kappa shape index (κ3) is 43.3. The van der Waals surface area contributed by atoms with Crippen LogP contribution in [0.4, 0.5) is 0 Å². The van der Waals surface area contributed by atoms with Crippen LogP contribution in [0.3, 0.4) is 0 Å². The fraction of sp³-hybridized carbons (Fsp3) is 0.891. The number of nitrogens with zero attached hydrogens (tertiary/aromatic N) is 3. The summed E-state index contributed by atoms with van der Waals surface area (Å²) in [4.78, 5) is 71.5. The topological polar surface area (TPSA) is 269 Å². The van der Waals surface area contributed by atoms with Crippen molar-refractivity contribution in [2.45, 2.75) is 117 Å². The summed E-state index contributed by atoms with van der Waals surface area (Å²) in [6.45, 7) is 13.4. The number of rotatable bonds is 49. The van der Waals surface area contributed by atoms with Crippen molar-refractivity contribution < 1.29 is 24.0 Å². The molecule has 0 aromatic rings. The van der Waals surface area contributed by atoms with E-state index < -0.39 is 0 Å². The molecule has 0 aliphatic rings. The van der Waals surface area contributed by atoms with Crippen molar-refractivity contribution in [3.8, 4) is 0 Å². The average Bonchev–Trinajstić information content (AvgIpc) is 3.28. The zero-order valence-electron chi connectivity index (χ0n) is 41.2. The molecule has 0 spiro atoms. The van der Waals surface area contributed by atoms with Gasteiger partial charge in [0.05, 0.1) is 32.7 Å². The second-order valence-electron chi connectivity index (χ2n) is 17.0. The van der Waals surface area contributed by atoms with Gasteiger partial charge in [-0.1, -0.05) is 104 Å². The van der Waals surface area contributed by atoms with Crippen LogP contribution >= 0.6 is 0 Å². The molecule has 0 atom stereocenters. The maximum Gasteiger partial charge on any atom is 0.234 e. The molecule has 0 saturated heterocycles. The number of carbonyl (C=O) groups is 5. The average molecular weight is 927 g/mol. The lowest BCUT2D eigenvalue weighted by Gasteiger charge is -2.29. The van der Waals surface area contributed by atoms with Gasteiger partial charge >= 0.3 is 0 Å². The number of unbranched alkanes of at least 4 members (excludes halogenated alkanes) is 14. The fourth-order valence-corrected chi connectivity index (χ4v) is 7.08. The minimum atomic E-state index is -0.210. The van der Waals surface area contributed by atoms with Gasteiger partial charge < -0.3 is 59.7 Å². The highest BCUT2D eigenvalue weighted by Gasteiger charge is 2.20. The molecule has 65 heavy (non-hydrogen) atoms. The molecule has 0 heterocycles. The normalized spacial score (nSPS) is 11.4. The fourth-order valence-electron chi connectivity index (χ4n) is 7.08. The van der Waals surface area contributed by atoms with Crippen molar-refractivity contribution in [2.24, 2.45) is 17.2 Å². The van der Waals surface area contributed by atoms with Crippen molar-refractivity contribution in [1.82, 2.24) is 57.2 Å². The van der Waals surface area contributed by atoms with Crippen LogP contribution in [0.25, 0.3) is 0 Å². The number of hydrogen-bond donors (Lipinski definition) is 11. The lowest BCUT2D eigenvalue weighted by atomic mass is 10.1. The van der Waals surface area contributed by atoms with Crippen LogP contribution in [-0.2, 0) is 24.0 Å². The lowest BCUT2D eigenvalue weighted by molar-refractivity contribution is -0.126. The molecular formula is C46H98N14O5. The molecule has 19 heteroatoms. The molecule has 0 aliphatic carbocycles. The van der Waals surface area contributed by atoms with Gasteiger partial charge in [-0.3, -0.25) is 38.7 Å². The van der Waals surface area contributed by atoms with Gasteiger partial charge in [0.2, 0.25) is 29.5 Å². The van der Waals surface area contributed by atoms with Crippen LogP contribution in [0.15, 0.2) is 0 Å². The van der Waals surface area contributed by atoms with Crippen LogP contribution in [0.2, 0.25) is 0 Å². The standard InChI is InChI=1S/C46H98N14O5/c1-3-5-7-9-11-13-15-17-22-53-43(62)38-59(40-45(64)56-31-28-51-25-20-48)35-33-58(37-42(61)55-30-27-50-24-19-47)34-36-60(41-46(65)57-32-29-52-26-21-49)39-44(63)54-23-18-16-14-12-10-8-6-4-2/h50-52H,3-41,47-49H2,1-2H3,(H,53,62)(H,54,63)(H,55,61)(H,56,64)(H,57,65). The summed E-state index contributed by atoms with van der Waals surface area (Å²) in [6.07, 6.45) is 18.7. The first kappa shape index (κ1) is 62.0. The highest BCUT2D eigenvalue weighted by molar-refractivity contribution is 5.82. The summed E-state index contributed by atoms with van der Waals surface area (Å²) in [7, 11) is 0. The highest BCUT2D eigenvalue weighted by atomic mass is 16.2. The van der Waals surface area contributed by atoms with Crippen LogP contribution in [0.5, 0.6) is 0 Å². The Hall–Kier alpha value is -3.01. The SMILES string of the molecule is CCCCCCCCCCNC(=O)CN(CCN(CCN(CC(=O)NCCCCCCCCCC)CC(=O)NCCNCCN)CC(=O)NCCNCCN)CC(=O)NCCNCCN. The zero-order chi connectivity index (χ0) is 47.9. The Morgan fingerprint density at radius 1 is 0.308 bits per heavy atom. The van der Waals surface area contributed by atoms with Gasteiger partial charge in [-0.05, 0) is 12.8 Å². The van der Waals surface area contributed by atoms with Gasteiger partial charge in [0.15, 0.2) is 0 Å². The van der Waals surface area contributed by atoms with Gasteiger partial charge in [0.25, 0.3) is 0 Å². The second kappa shape index (κ2) is 47.5. The number of hydrogen-bond acceptors (Lipinski definition) is 14. The van der Waals surface area contributed by atoms with E-state index in [4.69, 9.17) is 17.2 Å². The third-order valence-corrected chi connectivity index (χ3v) is 10.8. The molecule has 0 radical (unpaired) electrons. The van der Waals surface area contributed by atoms with Crippen LogP contribution in [-0.4, -0.2) is 195 Å². The van der Waals surface area contributed by atoms with Crippen molar-refractivity contribution >= 4 is 29.5 Å². The molecule has 0 aromatic heterocycles. The predicted octanol–water partition coefficient (Wildman–Crippen LogP) is -0.600. The van der Waals surface area contributed by atoms with E-state index in [0.717, 1.165) is 38.5 Å². The minimum Gasteiger partial charge on any atom is -0.355 e. The van der Waals surface area contributed by atoms with Crippen molar-refractivity contribution in [3.05, 3.63) is 0 Å². The number of nitrogens with one attached hydrogen (secondary N) is 8. The molecule has 0 aliphatic heterocycles. The number of nitrogens with two attached hydrogens (primary N) is 3. The first-order chi connectivity index (χ1) is 31.7. The Balaban J connectivity index is 5.84. The summed E-state index contributed by atoms with van der Waals surface area (Å²) >= 11 is 0. The summed E-state index contributed by atoms with van der Waals surface area (Å²) in [6, 6.07) is 0. The summed E-state index contributed by atoms with van der Waals surface area (Å²) in [5, 5.41) is 24.4. The monoisotopic (exact) mass is 927 g/mol. The zero-order valence-corrected chi connectivity index (χ0v) is 41.2. The van der Waals surface area contributed by atoms with E-state index >= 15 is 0 Å². The Kier molecular flexibility index (Phi) is 45.3. The van der Waals surface area contributed by atoms with E-state index in [1.54, 1.807) is 9.80 Å². The van der Waals surface area contributed by atoms with Crippen LogP contribution in [0, 0.1) is 0 Å². The maximum atomic E-state index is 13.3. The molecule has 0 fully saturated rings. The van der Waals surface area contributed by atoms with Gasteiger partial charge in [0, 0.05) is 118 Å². The Morgan fingerprint density at radius 3 is 0.846 bits per heavy atom. The molecule has 382 valence electrons. The Morgan fingerprint density at radius 2 is 0.554 bits per heavy atom. The van der Waals surface area contributed by atoms with Crippen molar-refractivity contribution in [2.75, 3.05) is 151 Å². The molecule has 19 nitrogen and oxygen atoms in total. The molecule has 0 bridgehead atoms. The van der Waals surface area contributed by atoms with Gasteiger partial charge in [-0.25, -0.2) is 0 Å². The molecule has 0 saturated carbocycles. The maximum absolute atomic E-state index is 13.3. The predicted molar refractivity (Wildman–Crippen MR) is 265 cm³/mol. The molecule has 5 amide bonds. The first-order valence-electron chi connectivity index (χ1n) is 25.4. The van der Waals surface area contributed by atoms with Gasteiger partial charge in [-0.2, -0.15) is 0 Å². The van der Waals surface area contributed by atoms with Crippen molar-refractivity contribution in [1.29, 1.82) is 0 Å². The third-order valence-electron chi connectivity index (χ3n) is 10.8. The highest BCUT2D eigenvalue weighted by Crippen LogP contribution is 2.09. The molecule has 0 rings (SSSR count). The van der Waals surface area contributed by atoms with E-state index in [0.29, 0.717) is 118 Å². The summed E-state index contributed by atoms with van der Waals surface area (Å²) < 4.78 is 0. The molecular weight excluding hydrogens is 829 g/mol. The summed E-state index contributed by atoms with van der Waals surface area (Å²) in [5.74, 6) is -0.924. The van der Waals surface area contributed by atoms with Crippen LogP contribution < -0.4 is 59.7 Å². The van der Waals surface area contributed by atoms with E-state index in [-0.39, 0.29) is 62.3 Å². The largest absolute Gasteiger partial charge is 0.355 e. The van der Waals surface area contributed by atoms with Crippen molar-refractivity contribution in [3.63, 3.8) is 0 Å². The Labute approximate surface area is 394 Å². The van der Waals surface area contributed by atoms with E-state index in [2.05, 4.69) is 56.4 Å². The lowest BCUT2D eigenvalue weighted by Crippen LogP contribution is -2.50. The molecule has 14 N–H and O–H groups in total. The minimum absolute atomic E-state index is 0.000377. The second-order valence-corrected chi connectivity index (χ2v) is 17.0. The number of amides is 5. The van der Waals surface area contributed by atoms with E-state index in [9.17, 15) is 24.0 Å². The van der Waals surface area contributed by atoms with Gasteiger partial charge in [-0.15, -0.1) is 0 Å². The smallest absolute Gasteiger partial charge is 0.234 e. The van der Waals surface area contributed by atoms with Gasteiger partial charge in [0.1, 0.15) is 0 Å². The summed E-state index contributed by atoms with van der Waals surface area (Å²) in [5.41, 5.74) is 16.7. The molecule has 0 aromatic carbocycles. The number of carbonyl (C=O) groups excluding carboxylic acids is 5. The molecule has 0 unspecified atom stereocenters. The van der Waals surface area contributed by atoms with E-state index in [1.807, 2.05) is 4.90 Å². The van der Waals surface area contributed by atoms with Crippen LogP contribution in [0.1, 0.15) is 117 Å². The quantitative estimate of drug-likeness (QED) is 0.0341. The Bertz CT molecular complexity index is 1090. The first-order valence-corrected chi connectivity index (χ1v) is 25.4.